The van der Waals surface area contributed by atoms with E-state index in [1.165, 1.54) is 18.2 Å². The lowest BCUT2D eigenvalue weighted by molar-refractivity contribution is -0.116. The third-order valence-electron chi connectivity index (χ3n) is 2.27. The number of hydrogen-bond acceptors (Lipinski definition) is 3. The van der Waals surface area contributed by atoms with E-state index in [9.17, 15) is 13.2 Å². The molecule has 1 amide bonds. The molecule has 6 heteroatoms. The monoisotopic (exact) mass is 280 g/mol. The molecule has 102 valence electrons. The summed E-state index contributed by atoms with van der Waals surface area (Å²) >= 11 is 0. The molecule has 5 nitrogen and oxygen atoms in total. The van der Waals surface area contributed by atoms with E-state index in [1.54, 1.807) is 24.3 Å². The maximum Gasteiger partial charge on any atom is 0.244 e. The second-order valence-electron chi connectivity index (χ2n) is 3.79. The fourth-order valence-electron chi connectivity index (χ4n) is 1.30. The summed E-state index contributed by atoms with van der Waals surface area (Å²) < 4.78 is 22.1. The fraction of sp³-hybridized carbons (Fsp3) is 0.154. The van der Waals surface area contributed by atoms with Gasteiger partial charge >= 0.3 is 0 Å². The maximum absolute atomic E-state index is 11.4. The summed E-state index contributed by atoms with van der Waals surface area (Å²) in [5.41, 5.74) is 0.792. The van der Waals surface area contributed by atoms with Crippen LogP contribution in [0.25, 0.3) is 0 Å². The van der Waals surface area contributed by atoms with Crippen molar-refractivity contribution in [2.75, 3.05) is 0 Å². The Kier molecular flexibility index (Phi) is 5.47. The van der Waals surface area contributed by atoms with Crippen LogP contribution in [0.2, 0.25) is 0 Å². The first-order valence-electron chi connectivity index (χ1n) is 5.62. The van der Waals surface area contributed by atoms with E-state index in [0.717, 1.165) is 5.56 Å². The first-order chi connectivity index (χ1) is 8.93. The van der Waals surface area contributed by atoms with Gasteiger partial charge in [0.15, 0.2) is 0 Å². The number of rotatable bonds is 5. The van der Waals surface area contributed by atoms with E-state index in [2.05, 4.69) is 5.32 Å². The Labute approximate surface area is 112 Å². The minimum atomic E-state index is -3.67. The zero-order valence-electron chi connectivity index (χ0n) is 10.5. The summed E-state index contributed by atoms with van der Waals surface area (Å²) in [5.74, 6) is -0.214. The molecule has 3 N–H and O–H groups in total. The van der Waals surface area contributed by atoms with Gasteiger partial charge in [-0.05, 0) is 24.6 Å². The summed E-state index contributed by atoms with van der Waals surface area (Å²) in [6.07, 6.45) is 6.62. The molecule has 0 aliphatic rings. The third kappa shape index (κ3) is 5.50. The van der Waals surface area contributed by atoms with Gasteiger partial charge in [0.1, 0.15) is 0 Å². The molecule has 0 unspecified atom stereocenters. The minimum absolute atomic E-state index is 0.0514. The normalized spacial score (nSPS) is 12.1. The zero-order chi connectivity index (χ0) is 14.3. The molecule has 0 aliphatic carbocycles. The molecule has 19 heavy (non-hydrogen) atoms. The van der Waals surface area contributed by atoms with Crippen LogP contribution in [0.5, 0.6) is 0 Å². The van der Waals surface area contributed by atoms with Crippen LogP contribution in [0, 0.1) is 0 Å². The lowest BCUT2D eigenvalue weighted by Crippen LogP contribution is -2.20. The number of carbonyl (C=O) groups excluding carboxylic acids is 1. The lowest BCUT2D eigenvalue weighted by Gasteiger charge is -2.03. The Hall–Kier alpha value is -1.92. The number of hydrogen-bond donors (Lipinski definition) is 2. The molecule has 0 radical (unpaired) electrons. The van der Waals surface area contributed by atoms with E-state index in [0.29, 0.717) is 6.54 Å². The van der Waals surface area contributed by atoms with Crippen LogP contribution in [0.15, 0.2) is 53.5 Å². The molecule has 0 aliphatic heterocycles. The van der Waals surface area contributed by atoms with Crippen molar-refractivity contribution in [1.82, 2.24) is 5.32 Å². The van der Waals surface area contributed by atoms with Crippen LogP contribution in [-0.4, -0.2) is 14.3 Å². The van der Waals surface area contributed by atoms with Gasteiger partial charge in [0, 0.05) is 12.6 Å². The minimum Gasteiger partial charge on any atom is -0.348 e. The molecule has 1 aromatic rings. The van der Waals surface area contributed by atoms with Crippen LogP contribution in [0.1, 0.15) is 12.5 Å². The van der Waals surface area contributed by atoms with Crippen LogP contribution >= 0.6 is 0 Å². The molecular formula is C13H16N2O3S. The number of nitrogens with two attached hydrogens (primary N) is 1. The van der Waals surface area contributed by atoms with Gasteiger partial charge < -0.3 is 5.32 Å². The van der Waals surface area contributed by atoms with E-state index in [4.69, 9.17) is 5.14 Å². The molecule has 0 atom stereocenters. The highest BCUT2D eigenvalue weighted by atomic mass is 32.2. The number of nitrogens with one attached hydrogen (secondary N) is 1. The highest BCUT2D eigenvalue weighted by molar-refractivity contribution is 7.89. The molecule has 0 aromatic heterocycles. The topological polar surface area (TPSA) is 89.3 Å². The van der Waals surface area contributed by atoms with E-state index in [1.807, 2.05) is 13.0 Å². The first kappa shape index (κ1) is 15.1. The van der Waals surface area contributed by atoms with Gasteiger partial charge in [-0.2, -0.15) is 0 Å². The molecule has 0 bridgehead atoms. The average molecular weight is 280 g/mol. The number of carbonyl (C=O) groups is 1. The van der Waals surface area contributed by atoms with Gasteiger partial charge in [0.05, 0.1) is 4.90 Å². The van der Waals surface area contributed by atoms with Crippen LogP contribution in [0.3, 0.4) is 0 Å². The number of sulfonamides is 1. The summed E-state index contributed by atoms with van der Waals surface area (Å²) in [7, 11) is -3.67. The second kappa shape index (κ2) is 6.86. The van der Waals surface area contributed by atoms with Gasteiger partial charge in [-0.3, -0.25) is 4.79 Å². The van der Waals surface area contributed by atoms with Gasteiger partial charge in [-0.25, -0.2) is 13.6 Å². The summed E-state index contributed by atoms with van der Waals surface area (Å²) in [6, 6.07) is 6.03. The van der Waals surface area contributed by atoms with E-state index >= 15 is 0 Å². The maximum atomic E-state index is 11.4. The number of amides is 1. The van der Waals surface area contributed by atoms with Crippen molar-refractivity contribution in [3.8, 4) is 0 Å². The second-order valence-corrected chi connectivity index (χ2v) is 5.35. The summed E-state index contributed by atoms with van der Waals surface area (Å²) in [5, 5.41) is 7.66. The Balaban J connectivity index is 2.58. The van der Waals surface area contributed by atoms with Crippen LogP contribution < -0.4 is 10.5 Å². The van der Waals surface area contributed by atoms with Gasteiger partial charge in [-0.1, -0.05) is 30.4 Å². The molecule has 0 saturated carbocycles. The van der Waals surface area contributed by atoms with Gasteiger partial charge in [-0.15, -0.1) is 0 Å². The molecule has 0 spiro atoms. The molecular weight excluding hydrogens is 264 g/mol. The predicted octanol–water partition coefficient (Wildman–Crippen LogP) is 1.08. The molecule has 0 heterocycles. The molecule has 0 fully saturated rings. The van der Waals surface area contributed by atoms with Crippen LogP contribution in [-0.2, 0) is 21.4 Å². The van der Waals surface area contributed by atoms with Crippen molar-refractivity contribution in [3.05, 3.63) is 54.1 Å². The van der Waals surface area contributed by atoms with Crippen LogP contribution in [0.4, 0.5) is 0 Å². The SMILES string of the molecule is CC=CC=CC(=O)NCc1ccc(S(N)(=O)=O)cc1. The summed E-state index contributed by atoms with van der Waals surface area (Å²) in [4.78, 5) is 11.4. The Morgan fingerprint density at radius 2 is 1.89 bits per heavy atom. The highest BCUT2D eigenvalue weighted by Gasteiger charge is 2.06. The largest absolute Gasteiger partial charge is 0.348 e. The van der Waals surface area contributed by atoms with Crippen molar-refractivity contribution in [2.24, 2.45) is 5.14 Å². The van der Waals surface area contributed by atoms with E-state index in [-0.39, 0.29) is 10.8 Å². The average Bonchev–Trinajstić information content (AvgIpc) is 2.36. The van der Waals surface area contributed by atoms with Crippen molar-refractivity contribution in [2.45, 2.75) is 18.4 Å². The predicted molar refractivity (Wildman–Crippen MR) is 73.6 cm³/mol. The Morgan fingerprint density at radius 3 is 2.42 bits per heavy atom. The summed E-state index contributed by atoms with van der Waals surface area (Å²) in [6.45, 7) is 2.18. The zero-order valence-corrected chi connectivity index (χ0v) is 11.4. The fourth-order valence-corrected chi connectivity index (χ4v) is 1.81. The third-order valence-corrected chi connectivity index (χ3v) is 3.20. The van der Waals surface area contributed by atoms with E-state index < -0.39 is 10.0 Å². The molecule has 0 saturated heterocycles. The number of benzene rings is 1. The first-order valence-corrected chi connectivity index (χ1v) is 7.17. The smallest absolute Gasteiger partial charge is 0.244 e. The van der Waals surface area contributed by atoms with Crippen molar-refractivity contribution in [1.29, 1.82) is 0 Å². The molecule has 1 aromatic carbocycles. The van der Waals surface area contributed by atoms with Gasteiger partial charge in [0.25, 0.3) is 0 Å². The Morgan fingerprint density at radius 1 is 1.26 bits per heavy atom. The lowest BCUT2D eigenvalue weighted by atomic mass is 10.2. The van der Waals surface area contributed by atoms with Crippen molar-refractivity contribution >= 4 is 15.9 Å². The van der Waals surface area contributed by atoms with Gasteiger partial charge in [0.2, 0.25) is 15.9 Å². The Bertz CT molecular complexity index is 587. The standard InChI is InChI=1S/C13H16N2O3S/c1-2-3-4-5-13(16)15-10-11-6-8-12(9-7-11)19(14,17)18/h2-9H,10H2,1H3,(H,15,16)(H2,14,17,18). The highest BCUT2D eigenvalue weighted by Crippen LogP contribution is 2.08. The van der Waals surface area contributed by atoms with Crippen molar-refractivity contribution < 1.29 is 13.2 Å². The number of allylic oxidation sites excluding steroid dienone is 3. The quantitative estimate of drug-likeness (QED) is 0.625. The molecule has 1 rings (SSSR count). The van der Waals surface area contributed by atoms with Crippen molar-refractivity contribution in [3.63, 3.8) is 0 Å². The number of primary sulfonamides is 1.